The van der Waals surface area contributed by atoms with Crippen molar-refractivity contribution in [2.75, 3.05) is 6.54 Å². The Morgan fingerprint density at radius 2 is 2.05 bits per heavy atom. The maximum Gasteiger partial charge on any atom is 0.451 e. The zero-order valence-electron chi connectivity index (χ0n) is 10.4. The summed E-state index contributed by atoms with van der Waals surface area (Å²) in [6.07, 6.45) is -4.56. The molecule has 0 spiro atoms. The van der Waals surface area contributed by atoms with Crippen LogP contribution in [0.2, 0.25) is 5.22 Å². The molecule has 6 nitrogen and oxygen atoms in total. The summed E-state index contributed by atoms with van der Waals surface area (Å²) in [7, 11) is 0. The van der Waals surface area contributed by atoms with E-state index in [1.165, 1.54) is 17.0 Å². The fraction of sp³-hybridized carbons (Fsp3) is 0.364. The second-order valence-corrected chi connectivity index (χ2v) is 4.79. The van der Waals surface area contributed by atoms with E-state index in [-0.39, 0.29) is 36.4 Å². The van der Waals surface area contributed by atoms with E-state index < -0.39 is 17.9 Å². The van der Waals surface area contributed by atoms with Crippen LogP contribution in [-0.2, 0) is 19.3 Å². The molecule has 0 atom stereocenters. The third-order valence-electron chi connectivity index (χ3n) is 3.08. The van der Waals surface area contributed by atoms with E-state index in [1.54, 1.807) is 0 Å². The van der Waals surface area contributed by atoms with Gasteiger partial charge in [-0.05, 0) is 23.7 Å². The van der Waals surface area contributed by atoms with Gasteiger partial charge in [0.2, 0.25) is 5.82 Å². The van der Waals surface area contributed by atoms with Crippen molar-refractivity contribution in [1.29, 1.82) is 0 Å². The Bertz CT molecular complexity index is 694. The highest BCUT2D eigenvalue weighted by molar-refractivity contribution is 6.29. The summed E-state index contributed by atoms with van der Waals surface area (Å²) in [6.45, 7) is 0.00284. The van der Waals surface area contributed by atoms with E-state index in [1.807, 2.05) is 0 Å². The fourth-order valence-corrected chi connectivity index (χ4v) is 2.27. The summed E-state index contributed by atoms with van der Waals surface area (Å²) in [5, 5.41) is 6.71. The molecule has 0 fully saturated rings. The summed E-state index contributed by atoms with van der Waals surface area (Å²) >= 11 is 5.59. The number of furan rings is 1. The molecular formula is C11H8ClF3N4O2. The Labute approximate surface area is 121 Å². The topological polar surface area (TPSA) is 64.2 Å². The third-order valence-corrected chi connectivity index (χ3v) is 3.28. The number of hydrogen-bond donors (Lipinski definition) is 0. The average molecular weight is 321 g/mol. The van der Waals surface area contributed by atoms with E-state index in [2.05, 4.69) is 10.2 Å². The average Bonchev–Trinajstić information content (AvgIpc) is 3.02. The van der Waals surface area contributed by atoms with Gasteiger partial charge in [-0.1, -0.05) is 0 Å². The van der Waals surface area contributed by atoms with Crippen molar-refractivity contribution in [3.63, 3.8) is 0 Å². The van der Waals surface area contributed by atoms with Gasteiger partial charge in [-0.25, -0.2) is 0 Å². The highest BCUT2D eigenvalue weighted by Crippen LogP contribution is 2.29. The first-order valence-corrected chi connectivity index (χ1v) is 6.28. The van der Waals surface area contributed by atoms with Crippen molar-refractivity contribution in [2.24, 2.45) is 0 Å². The monoisotopic (exact) mass is 320 g/mol. The molecule has 0 saturated carbocycles. The summed E-state index contributed by atoms with van der Waals surface area (Å²) in [4.78, 5) is 13.5. The van der Waals surface area contributed by atoms with Gasteiger partial charge in [-0.15, -0.1) is 10.2 Å². The second-order valence-electron chi connectivity index (χ2n) is 4.42. The largest absolute Gasteiger partial charge is 0.451 e. The number of hydrogen-bond acceptors (Lipinski definition) is 4. The number of alkyl halides is 3. The van der Waals surface area contributed by atoms with Crippen LogP contribution in [0.1, 0.15) is 22.2 Å². The highest BCUT2D eigenvalue weighted by Gasteiger charge is 2.40. The van der Waals surface area contributed by atoms with Gasteiger partial charge in [0.1, 0.15) is 0 Å². The molecule has 2 aromatic rings. The molecular weight excluding hydrogens is 313 g/mol. The van der Waals surface area contributed by atoms with Crippen LogP contribution >= 0.6 is 11.6 Å². The number of nitrogens with zero attached hydrogens (tertiary/aromatic N) is 4. The predicted molar refractivity (Wildman–Crippen MR) is 63.5 cm³/mol. The molecule has 10 heteroatoms. The zero-order valence-corrected chi connectivity index (χ0v) is 11.1. The Morgan fingerprint density at radius 1 is 1.29 bits per heavy atom. The smallest absolute Gasteiger partial charge is 0.440 e. The quantitative estimate of drug-likeness (QED) is 0.808. The van der Waals surface area contributed by atoms with E-state index in [9.17, 15) is 18.0 Å². The SMILES string of the molecule is O=C(c1ccc(Cl)o1)N1CCn2c(nnc2C(F)(F)F)C1. The maximum atomic E-state index is 12.7. The van der Waals surface area contributed by atoms with Crippen molar-refractivity contribution in [3.05, 3.63) is 34.8 Å². The van der Waals surface area contributed by atoms with Crippen LogP contribution in [0.25, 0.3) is 0 Å². The molecule has 1 aliphatic rings. The van der Waals surface area contributed by atoms with Crippen molar-refractivity contribution >= 4 is 17.5 Å². The molecule has 0 unspecified atom stereocenters. The first-order chi connectivity index (χ1) is 9.86. The summed E-state index contributed by atoms with van der Waals surface area (Å²) < 4.78 is 44.1. The molecule has 112 valence electrons. The van der Waals surface area contributed by atoms with Crippen LogP contribution in [0, 0.1) is 0 Å². The van der Waals surface area contributed by atoms with Gasteiger partial charge in [-0.2, -0.15) is 13.2 Å². The molecule has 1 aliphatic heterocycles. The third kappa shape index (κ3) is 2.48. The standard InChI is InChI=1S/C11H8ClF3N4O2/c12-7-2-1-6(21-7)9(20)18-3-4-19-8(5-18)16-17-10(19)11(13,14)15/h1-2H,3-5H2. The lowest BCUT2D eigenvalue weighted by Crippen LogP contribution is -2.39. The number of rotatable bonds is 1. The highest BCUT2D eigenvalue weighted by atomic mass is 35.5. The van der Waals surface area contributed by atoms with Gasteiger partial charge in [0.25, 0.3) is 5.91 Å². The van der Waals surface area contributed by atoms with Gasteiger partial charge in [0.15, 0.2) is 16.8 Å². The Balaban J connectivity index is 1.82. The van der Waals surface area contributed by atoms with Crippen molar-refractivity contribution in [2.45, 2.75) is 19.3 Å². The molecule has 3 rings (SSSR count). The fourth-order valence-electron chi connectivity index (χ4n) is 2.13. The number of carbonyl (C=O) groups is 1. The van der Waals surface area contributed by atoms with Gasteiger partial charge in [0.05, 0.1) is 6.54 Å². The Morgan fingerprint density at radius 3 is 2.67 bits per heavy atom. The van der Waals surface area contributed by atoms with E-state index in [0.29, 0.717) is 0 Å². The van der Waals surface area contributed by atoms with E-state index >= 15 is 0 Å². The van der Waals surface area contributed by atoms with Crippen LogP contribution in [-0.4, -0.2) is 32.1 Å². The summed E-state index contributed by atoms with van der Waals surface area (Å²) in [5.41, 5.74) is 0. The Kier molecular flexibility index (Phi) is 3.16. The van der Waals surface area contributed by atoms with Crippen molar-refractivity contribution in [1.82, 2.24) is 19.7 Å². The molecule has 0 N–H and O–H groups in total. The molecule has 0 aromatic carbocycles. The number of amides is 1. The maximum absolute atomic E-state index is 12.7. The minimum Gasteiger partial charge on any atom is -0.440 e. The van der Waals surface area contributed by atoms with E-state index in [4.69, 9.17) is 16.0 Å². The molecule has 3 heterocycles. The van der Waals surface area contributed by atoms with Crippen LogP contribution in [0.4, 0.5) is 13.2 Å². The molecule has 0 bridgehead atoms. The number of aromatic nitrogens is 3. The van der Waals surface area contributed by atoms with Crippen LogP contribution in [0.15, 0.2) is 16.5 Å². The number of halogens is 4. The first-order valence-electron chi connectivity index (χ1n) is 5.90. The molecule has 2 aromatic heterocycles. The minimum atomic E-state index is -4.56. The van der Waals surface area contributed by atoms with Crippen LogP contribution < -0.4 is 0 Å². The molecule has 0 aliphatic carbocycles. The number of fused-ring (bicyclic) bond motifs is 1. The normalized spacial score (nSPS) is 15.1. The number of carbonyl (C=O) groups excluding carboxylic acids is 1. The van der Waals surface area contributed by atoms with Gasteiger partial charge in [0, 0.05) is 13.1 Å². The minimum absolute atomic E-state index is 0.0304. The molecule has 0 saturated heterocycles. The molecule has 0 radical (unpaired) electrons. The lowest BCUT2D eigenvalue weighted by molar-refractivity contribution is -0.147. The zero-order chi connectivity index (χ0) is 15.2. The van der Waals surface area contributed by atoms with Crippen LogP contribution in [0.3, 0.4) is 0 Å². The lowest BCUT2D eigenvalue weighted by Gasteiger charge is -2.27. The second kappa shape index (κ2) is 4.76. The van der Waals surface area contributed by atoms with E-state index in [0.717, 1.165) is 4.57 Å². The predicted octanol–water partition coefficient (Wildman–Crippen LogP) is 2.20. The van der Waals surface area contributed by atoms with Gasteiger partial charge >= 0.3 is 6.18 Å². The summed E-state index contributed by atoms with van der Waals surface area (Å²) in [6, 6.07) is 2.83. The van der Waals surface area contributed by atoms with Crippen LogP contribution in [0.5, 0.6) is 0 Å². The van der Waals surface area contributed by atoms with Crippen molar-refractivity contribution < 1.29 is 22.4 Å². The summed E-state index contributed by atoms with van der Waals surface area (Å²) in [5.74, 6) is -1.39. The Hall–Kier alpha value is -2.03. The molecule has 1 amide bonds. The first kappa shape index (κ1) is 13.9. The lowest BCUT2D eigenvalue weighted by atomic mass is 10.3. The van der Waals surface area contributed by atoms with Crippen molar-refractivity contribution in [3.8, 4) is 0 Å². The van der Waals surface area contributed by atoms with Gasteiger partial charge in [-0.3, -0.25) is 4.79 Å². The van der Waals surface area contributed by atoms with Gasteiger partial charge < -0.3 is 13.9 Å². The molecule has 21 heavy (non-hydrogen) atoms.